The summed E-state index contributed by atoms with van der Waals surface area (Å²) in [6.07, 6.45) is 4.57. The van der Waals surface area contributed by atoms with Crippen molar-refractivity contribution in [3.63, 3.8) is 0 Å². The summed E-state index contributed by atoms with van der Waals surface area (Å²) in [7, 11) is -0.831. The monoisotopic (exact) mass is 294 g/mol. The van der Waals surface area contributed by atoms with Gasteiger partial charge in [0.15, 0.2) is 0 Å². The summed E-state index contributed by atoms with van der Waals surface area (Å²) in [5, 5.41) is 6.35. The first-order valence-corrected chi connectivity index (χ1v) is 8.67. The van der Waals surface area contributed by atoms with Crippen molar-refractivity contribution in [2.24, 2.45) is 0 Å². The van der Waals surface area contributed by atoms with Crippen molar-refractivity contribution < 1.29 is 9.00 Å². The zero-order chi connectivity index (χ0) is 14.5. The van der Waals surface area contributed by atoms with Gasteiger partial charge in [-0.05, 0) is 43.0 Å². The fourth-order valence-corrected chi connectivity index (χ4v) is 2.72. The first-order chi connectivity index (χ1) is 9.58. The maximum atomic E-state index is 12.1. The summed E-state index contributed by atoms with van der Waals surface area (Å²) in [6.45, 7) is 3.51. The molecule has 1 aliphatic heterocycles. The number of nitrogens with one attached hydrogen (secondary N) is 2. The number of carbonyl (C=O) groups excluding carboxylic acids is 1. The molecule has 0 aromatic heterocycles. The lowest BCUT2D eigenvalue weighted by Gasteiger charge is -2.18. The molecular weight excluding hydrogens is 272 g/mol. The van der Waals surface area contributed by atoms with Gasteiger partial charge in [-0.2, -0.15) is 0 Å². The van der Waals surface area contributed by atoms with Gasteiger partial charge in [-0.1, -0.05) is 6.92 Å². The van der Waals surface area contributed by atoms with Gasteiger partial charge in [0.25, 0.3) is 5.91 Å². The molecule has 4 nitrogen and oxygen atoms in total. The molecule has 1 aromatic carbocycles. The highest BCUT2D eigenvalue weighted by atomic mass is 32.2. The van der Waals surface area contributed by atoms with E-state index in [0.717, 1.165) is 31.5 Å². The fourth-order valence-electron chi connectivity index (χ4n) is 2.27. The van der Waals surface area contributed by atoms with Crippen LogP contribution in [0, 0.1) is 0 Å². The van der Waals surface area contributed by atoms with Crippen LogP contribution in [0.25, 0.3) is 0 Å². The number of amides is 1. The molecule has 5 heteroatoms. The summed E-state index contributed by atoms with van der Waals surface area (Å²) in [5.41, 5.74) is 3.06. The Kier molecular flexibility index (Phi) is 5.17. The minimum absolute atomic E-state index is 0.0486. The molecule has 110 valence electrons. The number of fused-ring (bicyclic) bond motifs is 1. The molecule has 1 aliphatic rings. The number of carbonyl (C=O) groups is 1. The van der Waals surface area contributed by atoms with Gasteiger partial charge in [-0.3, -0.25) is 9.00 Å². The van der Waals surface area contributed by atoms with E-state index in [0.29, 0.717) is 12.1 Å². The van der Waals surface area contributed by atoms with E-state index < -0.39 is 10.8 Å². The van der Waals surface area contributed by atoms with Crippen molar-refractivity contribution >= 4 is 22.4 Å². The van der Waals surface area contributed by atoms with Crippen LogP contribution in [0.5, 0.6) is 0 Å². The highest BCUT2D eigenvalue weighted by Gasteiger charge is 2.13. The normalized spacial score (nSPS) is 16.7. The lowest BCUT2D eigenvalue weighted by Crippen LogP contribution is -2.27. The van der Waals surface area contributed by atoms with Crippen molar-refractivity contribution in [2.75, 3.05) is 24.7 Å². The summed E-state index contributed by atoms with van der Waals surface area (Å²) >= 11 is 0. The van der Waals surface area contributed by atoms with Gasteiger partial charge in [-0.15, -0.1) is 0 Å². The van der Waals surface area contributed by atoms with Crippen LogP contribution >= 0.6 is 0 Å². The van der Waals surface area contributed by atoms with Crippen LogP contribution in [-0.4, -0.2) is 34.7 Å². The maximum Gasteiger partial charge on any atom is 0.251 e. The molecule has 2 rings (SSSR count). The average Bonchev–Trinajstić information content (AvgIpc) is 2.46. The largest absolute Gasteiger partial charge is 0.385 e. The van der Waals surface area contributed by atoms with Crippen molar-refractivity contribution in [3.05, 3.63) is 29.3 Å². The summed E-state index contributed by atoms with van der Waals surface area (Å²) in [4.78, 5) is 12.1. The van der Waals surface area contributed by atoms with E-state index in [2.05, 4.69) is 10.6 Å². The number of benzene rings is 1. The summed E-state index contributed by atoms with van der Waals surface area (Å²) in [6, 6.07) is 5.80. The van der Waals surface area contributed by atoms with Gasteiger partial charge in [-0.25, -0.2) is 0 Å². The maximum absolute atomic E-state index is 12.1. The van der Waals surface area contributed by atoms with Gasteiger partial charge in [0.1, 0.15) is 0 Å². The molecule has 0 aliphatic carbocycles. The molecule has 0 saturated carbocycles. The molecule has 0 spiro atoms. The molecule has 2 atom stereocenters. The summed E-state index contributed by atoms with van der Waals surface area (Å²) in [5.74, 6) is -0.0486. The quantitative estimate of drug-likeness (QED) is 0.872. The van der Waals surface area contributed by atoms with Crippen LogP contribution in [0.1, 0.15) is 35.7 Å². The van der Waals surface area contributed by atoms with Crippen molar-refractivity contribution in [1.82, 2.24) is 5.32 Å². The number of hydrogen-bond donors (Lipinski definition) is 2. The average molecular weight is 294 g/mol. The zero-order valence-electron chi connectivity index (χ0n) is 12.1. The number of hydrogen-bond acceptors (Lipinski definition) is 3. The van der Waals surface area contributed by atoms with E-state index in [-0.39, 0.29) is 11.2 Å². The topological polar surface area (TPSA) is 58.2 Å². The number of rotatable bonds is 5. The molecule has 1 aromatic rings. The van der Waals surface area contributed by atoms with Crippen LogP contribution in [0.2, 0.25) is 0 Å². The molecule has 2 unspecified atom stereocenters. The van der Waals surface area contributed by atoms with Crippen molar-refractivity contribution in [3.8, 4) is 0 Å². The number of aryl methyl sites for hydroxylation is 1. The third-order valence-corrected chi connectivity index (χ3v) is 5.08. The minimum atomic E-state index is -0.831. The second-order valence-corrected chi connectivity index (χ2v) is 7.06. The predicted octanol–water partition coefficient (Wildman–Crippen LogP) is 1.93. The first-order valence-electron chi connectivity index (χ1n) is 7.05. The Morgan fingerprint density at radius 1 is 1.50 bits per heavy atom. The van der Waals surface area contributed by atoms with Crippen LogP contribution in [0.4, 0.5) is 5.69 Å². The Bertz CT molecular complexity index is 517. The Labute approximate surface area is 122 Å². The van der Waals surface area contributed by atoms with Gasteiger partial charge < -0.3 is 10.6 Å². The lowest BCUT2D eigenvalue weighted by molar-refractivity contribution is 0.0953. The van der Waals surface area contributed by atoms with Crippen LogP contribution in [0.3, 0.4) is 0 Å². The molecule has 0 saturated heterocycles. The second kappa shape index (κ2) is 6.88. The zero-order valence-corrected chi connectivity index (χ0v) is 12.9. The van der Waals surface area contributed by atoms with E-state index in [1.165, 1.54) is 5.56 Å². The van der Waals surface area contributed by atoms with E-state index in [1.807, 2.05) is 25.1 Å². The van der Waals surface area contributed by atoms with Gasteiger partial charge in [0.05, 0.1) is 0 Å². The third-order valence-electron chi connectivity index (χ3n) is 3.71. The van der Waals surface area contributed by atoms with Crippen molar-refractivity contribution in [2.45, 2.75) is 31.4 Å². The third kappa shape index (κ3) is 3.82. The molecule has 1 heterocycles. The molecule has 0 bridgehead atoms. The minimum Gasteiger partial charge on any atom is -0.385 e. The molecule has 0 fully saturated rings. The van der Waals surface area contributed by atoms with Gasteiger partial charge >= 0.3 is 0 Å². The van der Waals surface area contributed by atoms with Crippen molar-refractivity contribution in [1.29, 1.82) is 0 Å². The van der Waals surface area contributed by atoms with Crippen LogP contribution < -0.4 is 10.6 Å². The summed E-state index contributed by atoms with van der Waals surface area (Å²) < 4.78 is 11.2. The molecule has 1 amide bonds. The predicted molar refractivity (Wildman–Crippen MR) is 83.7 cm³/mol. The van der Waals surface area contributed by atoms with Crippen LogP contribution in [-0.2, 0) is 17.2 Å². The Balaban J connectivity index is 1.91. The Morgan fingerprint density at radius 3 is 3.05 bits per heavy atom. The fraction of sp³-hybridized carbons (Fsp3) is 0.533. The molecular formula is C15H22N2O2S. The highest BCUT2D eigenvalue weighted by Crippen LogP contribution is 2.22. The van der Waals surface area contributed by atoms with Crippen LogP contribution in [0.15, 0.2) is 18.2 Å². The standard InChI is InChI=1S/C15H22N2O2S/c1-11(20(2)19)7-9-17-15(18)13-5-6-14-12(10-13)4-3-8-16-14/h5-6,10-11,16H,3-4,7-9H2,1-2H3,(H,17,18). The van der Waals surface area contributed by atoms with E-state index in [1.54, 1.807) is 6.26 Å². The first kappa shape index (κ1) is 15.0. The molecule has 0 radical (unpaired) electrons. The van der Waals surface area contributed by atoms with Gasteiger partial charge in [0.2, 0.25) is 0 Å². The second-order valence-electron chi connectivity index (χ2n) is 5.26. The van der Waals surface area contributed by atoms with E-state index in [9.17, 15) is 9.00 Å². The smallest absolute Gasteiger partial charge is 0.251 e. The van der Waals surface area contributed by atoms with Gasteiger partial charge in [0, 0.05) is 46.6 Å². The van der Waals surface area contributed by atoms with E-state index in [4.69, 9.17) is 0 Å². The lowest BCUT2D eigenvalue weighted by atomic mass is 10.0. The van der Waals surface area contributed by atoms with E-state index >= 15 is 0 Å². The molecule has 20 heavy (non-hydrogen) atoms. The SMILES string of the molecule is CC(CCNC(=O)c1ccc2c(c1)CCCN2)S(C)=O. The molecule has 2 N–H and O–H groups in total. The highest BCUT2D eigenvalue weighted by molar-refractivity contribution is 7.84. The Hall–Kier alpha value is -1.36. The Morgan fingerprint density at radius 2 is 2.30 bits per heavy atom. The number of anilines is 1.